The summed E-state index contributed by atoms with van der Waals surface area (Å²) in [7, 11) is 0. The number of carbonyl (C=O) groups excluding carboxylic acids is 2. The zero-order chi connectivity index (χ0) is 23.3. The van der Waals surface area contributed by atoms with Crippen molar-refractivity contribution in [3.63, 3.8) is 0 Å². The topological polar surface area (TPSA) is 93.3 Å². The summed E-state index contributed by atoms with van der Waals surface area (Å²) in [5, 5.41) is 12.4. The normalized spacial score (nSPS) is 13.8. The van der Waals surface area contributed by atoms with Crippen molar-refractivity contribution < 1.29 is 19.1 Å². The SMILES string of the molecule is Cc1c(C#N)c(NC(=O)COC(=O)COc2ccccc2C(C)C)n(C2CCCC2)c1C. The van der Waals surface area contributed by atoms with Crippen LogP contribution in [0.2, 0.25) is 0 Å². The molecular weight excluding hydrogens is 406 g/mol. The van der Waals surface area contributed by atoms with Crippen LogP contribution < -0.4 is 10.1 Å². The van der Waals surface area contributed by atoms with E-state index in [0.717, 1.165) is 42.5 Å². The van der Waals surface area contributed by atoms with E-state index in [1.807, 2.05) is 45.9 Å². The highest BCUT2D eigenvalue weighted by Gasteiger charge is 2.27. The molecule has 0 atom stereocenters. The summed E-state index contributed by atoms with van der Waals surface area (Å²) in [6.45, 7) is 7.23. The number of para-hydroxylation sites is 1. The lowest BCUT2D eigenvalue weighted by Crippen LogP contribution is -2.25. The van der Waals surface area contributed by atoms with E-state index in [-0.39, 0.29) is 18.6 Å². The zero-order valence-corrected chi connectivity index (χ0v) is 19.2. The smallest absolute Gasteiger partial charge is 0.344 e. The third-order valence-electron chi connectivity index (χ3n) is 6.07. The molecule has 0 radical (unpaired) electrons. The molecule has 1 amide bonds. The largest absolute Gasteiger partial charge is 0.482 e. The highest BCUT2D eigenvalue weighted by molar-refractivity contribution is 5.93. The number of ether oxygens (including phenoxy) is 2. The van der Waals surface area contributed by atoms with Crippen molar-refractivity contribution in [2.75, 3.05) is 18.5 Å². The molecule has 1 aliphatic rings. The minimum absolute atomic E-state index is 0.255. The van der Waals surface area contributed by atoms with E-state index in [9.17, 15) is 14.9 Å². The van der Waals surface area contributed by atoms with Gasteiger partial charge < -0.3 is 19.4 Å². The maximum atomic E-state index is 12.5. The Labute approximate surface area is 189 Å². The number of nitrogens with one attached hydrogen (secondary N) is 1. The molecule has 0 spiro atoms. The standard InChI is InChI=1S/C25H31N3O4/c1-16(2)20-11-7-8-12-22(20)31-15-24(30)32-14-23(29)27-25-21(13-26)17(3)18(4)28(25)19-9-5-6-10-19/h7-8,11-12,16,19H,5-6,9-10,14-15H2,1-4H3,(H,27,29). The fraction of sp³-hybridized carbons (Fsp3) is 0.480. The first-order valence-electron chi connectivity index (χ1n) is 11.1. The van der Waals surface area contributed by atoms with Crippen LogP contribution in [0.1, 0.15) is 73.9 Å². The number of anilines is 1. The van der Waals surface area contributed by atoms with Crippen molar-refractivity contribution in [2.24, 2.45) is 0 Å². The summed E-state index contributed by atoms with van der Waals surface area (Å²) in [5.41, 5.74) is 3.31. The quantitative estimate of drug-likeness (QED) is 0.600. The second-order valence-corrected chi connectivity index (χ2v) is 8.54. The number of amides is 1. The molecule has 1 aliphatic carbocycles. The maximum Gasteiger partial charge on any atom is 0.344 e. The average molecular weight is 438 g/mol. The van der Waals surface area contributed by atoms with Gasteiger partial charge in [0.25, 0.3) is 5.91 Å². The molecule has 0 bridgehead atoms. The molecule has 0 saturated heterocycles. The Bertz CT molecular complexity index is 1030. The van der Waals surface area contributed by atoms with Crippen LogP contribution in [0.25, 0.3) is 0 Å². The lowest BCUT2D eigenvalue weighted by atomic mass is 10.0. The van der Waals surface area contributed by atoms with Crippen LogP contribution in [0.15, 0.2) is 24.3 Å². The average Bonchev–Trinajstić information content (AvgIpc) is 3.38. The van der Waals surface area contributed by atoms with Gasteiger partial charge in [-0.25, -0.2) is 4.79 Å². The number of carbonyl (C=O) groups is 2. The van der Waals surface area contributed by atoms with E-state index in [1.165, 1.54) is 0 Å². The number of hydrogen-bond acceptors (Lipinski definition) is 5. The summed E-state index contributed by atoms with van der Waals surface area (Å²) in [5.74, 6) is 0.276. The minimum atomic E-state index is -0.627. The van der Waals surface area contributed by atoms with Gasteiger partial charge in [0.2, 0.25) is 0 Å². The summed E-state index contributed by atoms with van der Waals surface area (Å²) in [4.78, 5) is 24.7. The van der Waals surface area contributed by atoms with Gasteiger partial charge in [0.15, 0.2) is 13.2 Å². The molecular formula is C25H31N3O4. The number of nitrogens with zero attached hydrogens (tertiary/aromatic N) is 2. The molecule has 7 nitrogen and oxygen atoms in total. The molecule has 32 heavy (non-hydrogen) atoms. The van der Waals surface area contributed by atoms with Crippen LogP contribution in [0.3, 0.4) is 0 Å². The first kappa shape index (κ1) is 23.4. The van der Waals surface area contributed by atoms with E-state index in [4.69, 9.17) is 9.47 Å². The Morgan fingerprint density at radius 2 is 1.88 bits per heavy atom. The zero-order valence-electron chi connectivity index (χ0n) is 19.2. The molecule has 1 aromatic heterocycles. The van der Waals surface area contributed by atoms with E-state index < -0.39 is 18.5 Å². The van der Waals surface area contributed by atoms with Crippen LogP contribution >= 0.6 is 0 Å². The highest BCUT2D eigenvalue weighted by atomic mass is 16.6. The Hall–Kier alpha value is -3.27. The van der Waals surface area contributed by atoms with Crippen LogP contribution in [-0.2, 0) is 14.3 Å². The van der Waals surface area contributed by atoms with Crippen molar-refractivity contribution in [1.29, 1.82) is 5.26 Å². The molecule has 3 rings (SSSR count). The number of rotatable bonds is 8. The fourth-order valence-corrected chi connectivity index (χ4v) is 4.29. The number of nitriles is 1. The number of hydrogen-bond donors (Lipinski definition) is 1. The summed E-state index contributed by atoms with van der Waals surface area (Å²) >= 11 is 0. The Morgan fingerprint density at radius 3 is 2.53 bits per heavy atom. The van der Waals surface area contributed by atoms with Gasteiger partial charge in [-0.05, 0) is 49.8 Å². The first-order chi connectivity index (χ1) is 15.3. The van der Waals surface area contributed by atoms with Crippen molar-refractivity contribution >= 4 is 17.7 Å². The second kappa shape index (κ2) is 10.4. The van der Waals surface area contributed by atoms with Crippen LogP contribution in [0, 0.1) is 25.2 Å². The van der Waals surface area contributed by atoms with Gasteiger partial charge in [0.1, 0.15) is 17.6 Å². The van der Waals surface area contributed by atoms with E-state index in [2.05, 4.69) is 16.0 Å². The van der Waals surface area contributed by atoms with Gasteiger partial charge in [-0.1, -0.05) is 44.9 Å². The van der Waals surface area contributed by atoms with Gasteiger partial charge in [-0.3, -0.25) is 4.79 Å². The summed E-state index contributed by atoms with van der Waals surface area (Å²) in [6.07, 6.45) is 4.31. The summed E-state index contributed by atoms with van der Waals surface area (Å²) < 4.78 is 12.8. The molecule has 1 saturated carbocycles. The van der Waals surface area contributed by atoms with E-state index in [0.29, 0.717) is 17.1 Å². The third-order valence-corrected chi connectivity index (χ3v) is 6.07. The molecule has 1 heterocycles. The Balaban J connectivity index is 1.60. The number of esters is 1. The Morgan fingerprint density at radius 1 is 1.19 bits per heavy atom. The molecule has 1 aromatic carbocycles. The lowest BCUT2D eigenvalue weighted by molar-refractivity contribution is -0.149. The second-order valence-electron chi connectivity index (χ2n) is 8.54. The van der Waals surface area contributed by atoms with Crippen molar-refractivity contribution in [1.82, 2.24) is 4.57 Å². The van der Waals surface area contributed by atoms with Crippen LogP contribution in [0.4, 0.5) is 5.82 Å². The van der Waals surface area contributed by atoms with Gasteiger partial charge in [-0.2, -0.15) is 5.26 Å². The van der Waals surface area contributed by atoms with Crippen LogP contribution in [-0.4, -0.2) is 29.7 Å². The van der Waals surface area contributed by atoms with Crippen LogP contribution in [0.5, 0.6) is 5.75 Å². The third kappa shape index (κ3) is 5.13. The van der Waals surface area contributed by atoms with Gasteiger partial charge in [-0.15, -0.1) is 0 Å². The van der Waals surface area contributed by atoms with Crippen molar-refractivity contribution in [3.8, 4) is 11.8 Å². The molecule has 2 aromatic rings. The fourth-order valence-electron chi connectivity index (χ4n) is 4.29. The number of benzene rings is 1. The molecule has 0 unspecified atom stereocenters. The van der Waals surface area contributed by atoms with Gasteiger partial charge in [0.05, 0.1) is 5.56 Å². The molecule has 0 aliphatic heterocycles. The molecule has 7 heteroatoms. The summed E-state index contributed by atoms with van der Waals surface area (Å²) in [6, 6.07) is 10.00. The van der Waals surface area contributed by atoms with Crippen molar-refractivity contribution in [2.45, 2.75) is 65.3 Å². The first-order valence-corrected chi connectivity index (χ1v) is 11.1. The maximum absolute atomic E-state index is 12.5. The van der Waals surface area contributed by atoms with Gasteiger partial charge >= 0.3 is 5.97 Å². The highest BCUT2D eigenvalue weighted by Crippen LogP contribution is 2.37. The van der Waals surface area contributed by atoms with Gasteiger partial charge in [0, 0.05) is 11.7 Å². The molecule has 170 valence electrons. The minimum Gasteiger partial charge on any atom is -0.482 e. The predicted octanol–water partition coefficient (Wildman–Crippen LogP) is 4.78. The van der Waals surface area contributed by atoms with E-state index >= 15 is 0 Å². The predicted molar refractivity (Wildman–Crippen MR) is 122 cm³/mol. The van der Waals surface area contributed by atoms with E-state index in [1.54, 1.807) is 6.07 Å². The molecule has 1 N–H and O–H groups in total. The molecule has 1 fully saturated rings. The Kier molecular flexibility index (Phi) is 7.57. The lowest BCUT2D eigenvalue weighted by Gasteiger charge is -2.19. The monoisotopic (exact) mass is 437 g/mol. The van der Waals surface area contributed by atoms with Crippen molar-refractivity contribution in [3.05, 3.63) is 46.6 Å². The number of aromatic nitrogens is 1.